The monoisotopic (exact) mass is 295 g/mol. The third-order valence-corrected chi connectivity index (χ3v) is 4.28. The molecule has 0 saturated heterocycles. The van der Waals surface area contributed by atoms with Gasteiger partial charge in [-0.3, -0.25) is 0 Å². The fraction of sp³-hybridized carbons (Fsp3) is 0.312. The van der Waals surface area contributed by atoms with Gasteiger partial charge in [0.2, 0.25) is 0 Å². The number of nitrogens with two attached hydrogens (primary N) is 1. The van der Waals surface area contributed by atoms with Gasteiger partial charge in [0.1, 0.15) is 0 Å². The van der Waals surface area contributed by atoms with Crippen molar-refractivity contribution in [1.29, 1.82) is 0 Å². The lowest BCUT2D eigenvalue weighted by Gasteiger charge is -2.34. The van der Waals surface area contributed by atoms with Gasteiger partial charge in [0, 0.05) is 12.4 Å². The smallest absolute Gasteiger partial charge is 0.260 e. The summed E-state index contributed by atoms with van der Waals surface area (Å²) in [6.07, 6.45) is 8.32. The molecule has 112 valence electrons. The molecule has 0 amide bonds. The molecule has 0 spiro atoms. The summed E-state index contributed by atoms with van der Waals surface area (Å²) in [6.45, 7) is 2.04. The molecule has 4 rings (SSSR count). The van der Waals surface area contributed by atoms with Crippen molar-refractivity contribution in [3.63, 3.8) is 0 Å². The van der Waals surface area contributed by atoms with Crippen LogP contribution in [0.2, 0.25) is 0 Å². The Morgan fingerprint density at radius 3 is 2.86 bits per heavy atom. The maximum Gasteiger partial charge on any atom is 0.260 e. The molecule has 1 aliphatic rings. The summed E-state index contributed by atoms with van der Waals surface area (Å²) >= 11 is 0. The van der Waals surface area contributed by atoms with Gasteiger partial charge in [-0.25, -0.2) is 4.98 Å². The summed E-state index contributed by atoms with van der Waals surface area (Å²) in [5.74, 6) is 1.10. The molecule has 2 N–H and O–H groups in total. The molecule has 22 heavy (non-hydrogen) atoms. The number of hydrogen-bond acceptors (Lipinski definition) is 5. The van der Waals surface area contributed by atoms with E-state index in [0.29, 0.717) is 11.7 Å². The van der Waals surface area contributed by atoms with Crippen LogP contribution in [0.4, 0.5) is 0 Å². The molecule has 3 aromatic rings. The van der Waals surface area contributed by atoms with E-state index in [1.807, 2.05) is 35.9 Å². The number of imidazole rings is 1. The molecule has 0 unspecified atom stereocenters. The molecular weight excluding hydrogens is 278 g/mol. The fourth-order valence-electron chi connectivity index (χ4n) is 2.76. The van der Waals surface area contributed by atoms with Crippen molar-refractivity contribution < 1.29 is 4.52 Å². The van der Waals surface area contributed by atoms with Crippen molar-refractivity contribution in [2.24, 2.45) is 5.73 Å². The Labute approximate surface area is 128 Å². The minimum absolute atomic E-state index is 0.416. The van der Waals surface area contributed by atoms with Gasteiger partial charge in [0.25, 0.3) is 5.89 Å². The number of aromatic nitrogens is 4. The zero-order valence-electron chi connectivity index (χ0n) is 12.4. The van der Waals surface area contributed by atoms with Crippen LogP contribution in [0, 0.1) is 6.92 Å². The van der Waals surface area contributed by atoms with Crippen LogP contribution >= 0.6 is 0 Å². The number of hydrogen-bond donors (Lipinski definition) is 1. The van der Waals surface area contributed by atoms with Gasteiger partial charge in [-0.15, -0.1) is 0 Å². The molecule has 0 aliphatic heterocycles. The van der Waals surface area contributed by atoms with E-state index >= 15 is 0 Å². The first kappa shape index (κ1) is 13.2. The van der Waals surface area contributed by atoms with Crippen LogP contribution < -0.4 is 5.73 Å². The Kier molecular flexibility index (Phi) is 2.87. The molecule has 2 heterocycles. The lowest BCUT2D eigenvalue weighted by atomic mass is 9.77. The third kappa shape index (κ3) is 2.03. The zero-order valence-corrected chi connectivity index (χ0v) is 12.4. The Morgan fingerprint density at radius 1 is 1.32 bits per heavy atom. The van der Waals surface area contributed by atoms with Crippen molar-refractivity contribution >= 4 is 0 Å². The van der Waals surface area contributed by atoms with Crippen LogP contribution in [0.3, 0.4) is 0 Å². The van der Waals surface area contributed by atoms with Gasteiger partial charge in [-0.05, 0) is 38.3 Å². The second-order valence-corrected chi connectivity index (χ2v) is 5.92. The Balaban J connectivity index is 1.81. The summed E-state index contributed by atoms with van der Waals surface area (Å²) in [5, 5.41) is 4.10. The predicted molar refractivity (Wildman–Crippen MR) is 81.3 cm³/mol. The van der Waals surface area contributed by atoms with Gasteiger partial charge >= 0.3 is 0 Å². The van der Waals surface area contributed by atoms with Crippen LogP contribution in [0.15, 0.2) is 41.4 Å². The highest BCUT2D eigenvalue weighted by molar-refractivity contribution is 5.67. The Morgan fingerprint density at radius 2 is 2.18 bits per heavy atom. The minimum Gasteiger partial charge on any atom is -0.334 e. The molecular formula is C16H17N5O. The number of aryl methyl sites for hydroxylation is 1. The van der Waals surface area contributed by atoms with Gasteiger partial charge in [0.05, 0.1) is 23.1 Å². The molecule has 2 aromatic heterocycles. The van der Waals surface area contributed by atoms with Crippen LogP contribution in [0.5, 0.6) is 0 Å². The lowest BCUT2D eigenvalue weighted by molar-refractivity contribution is 0.229. The first-order chi connectivity index (χ1) is 10.7. The van der Waals surface area contributed by atoms with Gasteiger partial charge in [-0.1, -0.05) is 16.8 Å². The largest absolute Gasteiger partial charge is 0.334 e. The molecule has 1 aromatic carbocycles. The van der Waals surface area contributed by atoms with Gasteiger partial charge < -0.3 is 14.8 Å². The van der Waals surface area contributed by atoms with E-state index in [2.05, 4.69) is 15.1 Å². The van der Waals surface area contributed by atoms with Crippen molar-refractivity contribution in [3.8, 4) is 17.1 Å². The second kappa shape index (κ2) is 4.78. The Bertz CT molecular complexity index is 802. The van der Waals surface area contributed by atoms with E-state index in [9.17, 15) is 0 Å². The second-order valence-electron chi connectivity index (χ2n) is 5.92. The summed E-state index contributed by atoms with van der Waals surface area (Å²) < 4.78 is 7.42. The summed E-state index contributed by atoms with van der Waals surface area (Å²) in [6, 6.07) is 6.11. The van der Waals surface area contributed by atoms with Gasteiger partial charge in [0.15, 0.2) is 5.82 Å². The summed E-state index contributed by atoms with van der Waals surface area (Å²) in [5.41, 5.74) is 8.84. The Hall–Kier alpha value is -2.47. The van der Waals surface area contributed by atoms with E-state index in [-0.39, 0.29) is 0 Å². The highest BCUT2D eigenvalue weighted by Crippen LogP contribution is 2.38. The van der Waals surface area contributed by atoms with Crippen molar-refractivity contribution in [2.45, 2.75) is 31.7 Å². The summed E-state index contributed by atoms with van der Waals surface area (Å²) in [4.78, 5) is 8.65. The SMILES string of the molecule is Cc1ccc(-n2ccnc2)c(-c2nc(C3(N)CCC3)no2)c1. The molecule has 6 heteroatoms. The number of rotatable bonds is 3. The van der Waals surface area contributed by atoms with Gasteiger partial charge in [-0.2, -0.15) is 4.98 Å². The highest BCUT2D eigenvalue weighted by atomic mass is 16.5. The molecule has 0 bridgehead atoms. The van der Waals surface area contributed by atoms with E-state index < -0.39 is 5.54 Å². The van der Waals surface area contributed by atoms with Crippen LogP contribution in [0.25, 0.3) is 17.1 Å². The molecule has 0 atom stereocenters. The van der Waals surface area contributed by atoms with Crippen molar-refractivity contribution in [3.05, 3.63) is 48.3 Å². The quantitative estimate of drug-likeness (QED) is 0.803. The predicted octanol–water partition coefficient (Wildman–Crippen LogP) is 2.57. The average Bonchev–Trinajstić information content (AvgIpc) is 3.16. The van der Waals surface area contributed by atoms with E-state index in [0.717, 1.165) is 36.1 Å². The van der Waals surface area contributed by atoms with Crippen LogP contribution in [-0.2, 0) is 5.54 Å². The normalized spacial score (nSPS) is 16.5. The maximum atomic E-state index is 6.28. The van der Waals surface area contributed by atoms with E-state index in [1.165, 1.54) is 0 Å². The first-order valence-corrected chi connectivity index (χ1v) is 7.38. The molecule has 1 fully saturated rings. The number of nitrogens with zero attached hydrogens (tertiary/aromatic N) is 4. The maximum absolute atomic E-state index is 6.28. The zero-order chi connectivity index (χ0) is 15.2. The standard InChI is InChI=1S/C16H17N5O/c1-11-3-4-13(21-8-7-18-10-21)12(9-11)14-19-15(20-22-14)16(17)5-2-6-16/h3-4,7-10H,2,5-6,17H2,1H3. The third-order valence-electron chi connectivity index (χ3n) is 4.28. The lowest BCUT2D eigenvalue weighted by Crippen LogP contribution is -2.44. The minimum atomic E-state index is -0.416. The molecule has 1 saturated carbocycles. The average molecular weight is 295 g/mol. The fourth-order valence-corrected chi connectivity index (χ4v) is 2.76. The van der Waals surface area contributed by atoms with E-state index in [1.54, 1.807) is 12.5 Å². The summed E-state index contributed by atoms with van der Waals surface area (Å²) in [7, 11) is 0. The van der Waals surface area contributed by atoms with Crippen LogP contribution in [0.1, 0.15) is 30.7 Å². The van der Waals surface area contributed by atoms with Crippen molar-refractivity contribution in [1.82, 2.24) is 19.7 Å². The first-order valence-electron chi connectivity index (χ1n) is 7.38. The highest BCUT2D eigenvalue weighted by Gasteiger charge is 2.39. The molecule has 6 nitrogen and oxygen atoms in total. The number of benzene rings is 1. The topological polar surface area (TPSA) is 82.8 Å². The van der Waals surface area contributed by atoms with E-state index in [4.69, 9.17) is 10.3 Å². The van der Waals surface area contributed by atoms with Crippen molar-refractivity contribution in [2.75, 3.05) is 0 Å². The molecule has 1 aliphatic carbocycles. The molecule has 0 radical (unpaired) electrons. The van der Waals surface area contributed by atoms with Crippen LogP contribution in [-0.4, -0.2) is 19.7 Å².